The van der Waals surface area contributed by atoms with Gasteiger partial charge in [-0.05, 0) is 56.2 Å². The molecule has 0 aromatic heterocycles. The highest BCUT2D eigenvalue weighted by Crippen LogP contribution is 2.38. The van der Waals surface area contributed by atoms with Gasteiger partial charge in [-0.2, -0.15) is 0 Å². The summed E-state index contributed by atoms with van der Waals surface area (Å²) in [6.45, 7) is 1.96. The second kappa shape index (κ2) is 7.28. The van der Waals surface area contributed by atoms with Crippen LogP contribution in [-0.4, -0.2) is 11.9 Å². The van der Waals surface area contributed by atoms with Crippen molar-refractivity contribution in [1.82, 2.24) is 0 Å². The SMILES string of the molecule is CC1(C(=O)Oc2ccc(NC(=O)c3ccccc3Cl)cc2)CCCC1. The number of hydrogen-bond acceptors (Lipinski definition) is 3. The van der Waals surface area contributed by atoms with Gasteiger partial charge in [-0.3, -0.25) is 9.59 Å². The molecule has 5 heteroatoms. The van der Waals surface area contributed by atoms with E-state index in [9.17, 15) is 9.59 Å². The first-order valence-electron chi connectivity index (χ1n) is 8.36. The smallest absolute Gasteiger partial charge is 0.317 e. The molecule has 0 radical (unpaired) electrons. The molecule has 0 aliphatic heterocycles. The molecule has 1 saturated carbocycles. The topological polar surface area (TPSA) is 55.4 Å². The molecule has 4 nitrogen and oxygen atoms in total. The lowest BCUT2D eigenvalue weighted by Crippen LogP contribution is -2.29. The minimum atomic E-state index is -0.378. The molecule has 1 N–H and O–H groups in total. The average Bonchev–Trinajstić information content (AvgIpc) is 3.05. The van der Waals surface area contributed by atoms with Gasteiger partial charge in [0.15, 0.2) is 0 Å². The molecule has 130 valence electrons. The predicted octanol–water partition coefficient (Wildman–Crippen LogP) is 5.08. The summed E-state index contributed by atoms with van der Waals surface area (Å²) in [6, 6.07) is 13.6. The van der Waals surface area contributed by atoms with Crippen LogP contribution in [-0.2, 0) is 4.79 Å². The van der Waals surface area contributed by atoms with Crippen LogP contribution in [0, 0.1) is 5.41 Å². The molecule has 0 spiro atoms. The van der Waals surface area contributed by atoms with Crippen molar-refractivity contribution in [2.24, 2.45) is 5.41 Å². The third-order valence-electron chi connectivity index (χ3n) is 4.64. The van der Waals surface area contributed by atoms with Crippen molar-refractivity contribution < 1.29 is 14.3 Å². The summed E-state index contributed by atoms with van der Waals surface area (Å²) in [5.74, 6) is 0.0144. The van der Waals surface area contributed by atoms with Crippen molar-refractivity contribution in [2.75, 3.05) is 5.32 Å². The molecule has 2 aromatic carbocycles. The Balaban J connectivity index is 1.63. The Morgan fingerprint density at radius 2 is 1.68 bits per heavy atom. The zero-order valence-corrected chi connectivity index (χ0v) is 14.8. The molecule has 0 heterocycles. The van der Waals surface area contributed by atoms with Gasteiger partial charge in [0.1, 0.15) is 5.75 Å². The van der Waals surface area contributed by atoms with Crippen molar-refractivity contribution in [3.63, 3.8) is 0 Å². The lowest BCUT2D eigenvalue weighted by atomic mass is 9.89. The van der Waals surface area contributed by atoms with Crippen LogP contribution in [0.2, 0.25) is 5.02 Å². The first kappa shape index (κ1) is 17.5. The monoisotopic (exact) mass is 357 g/mol. The largest absolute Gasteiger partial charge is 0.426 e. The maximum absolute atomic E-state index is 12.3. The number of esters is 1. The van der Waals surface area contributed by atoms with Gasteiger partial charge in [-0.1, -0.05) is 36.6 Å². The minimum Gasteiger partial charge on any atom is -0.426 e. The lowest BCUT2D eigenvalue weighted by molar-refractivity contribution is -0.144. The summed E-state index contributed by atoms with van der Waals surface area (Å²) >= 11 is 6.02. The third-order valence-corrected chi connectivity index (χ3v) is 4.97. The van der Waals surface area contributed by atoms with Crippen molar-refractivity contribution in [1.29, 1.82) is 0 Å². The molecular weight excluding hydrogens is 338 g/mol. The number of halogens is 1. The Morgan fingerprint density at radius 1 is 1.04 bits per heavy atom. The van der Waals surface area contributed by atoms with E-state index >= 15 is 0 Å². The highest BCUT2D eigenvalue weighted by atomic mass is 35.5. The van der Waals surface area contributed by atoms with Crippen LogP contribution in [0.4, 0.5) is 5.69 Å². The first-order valence-corrected chi connectivity index (χ1v) is 8.74. The highest BCUT2D eigenvalue weighted by molar-refractivity contribution is 6.34. The van der Waals surface area contributed by atoms with Gasteiger partial charge >= 0.3 is 5.97 Å². The zero-order chi connectivity index (χ0) is 17.9. The number of anilines is 1. The van der Waals surface area contributed by atoms with Gasteiger partial charge in [0, 0.05) is 5.69 Å². The molecule has 0 bridgehead atoms. The van der Waals surface area contributed by atoms with Crippen molar-refractivity contribution in [3.05, 3.63) is 59.1 Å². The second-order valence-corrected chi connectivity index (χ2v) is 7.02. The van der Waals surface area contributed by atoms with E-state index in [0.29, 0.717) is 22.0 Å². The number of carbonyl (C=O) groups is 2. The second-order valence-electron chi connectivity index (χ2n) is 6.62. The summed E-state index contributed by atoms with van der Waals surface area (Å²) in [6.07, 6.45) is 3.88. The van der Waals surface area contributed by atoms with Gasteiger partial charge < -0.3 is 10.1 Å². The Kier molecular flexibility index (Phi) is 5.09. The molecule has 0 unspecified atom stereocenters. The van der Waals surface area contributed by atoms with Crippen LogP contribution in [0.25, 0.3) is 0 Å². The molecule has 1 amide bonds. The normalized spacial score (nSPS) is 15.6. The maximum atomic E-state index is 12.3. The Morgan fingerprint density at radius 3 is 2.32 bits per heavy atom. The molecule has 25 heavy (non-hydrogen) atoms. The van der Waals surface area contributed by atoms with E-state index in [4.69, 9.17) is 16.3 Å². The maximum Gasteiger partial charge on any atom is 0.317 e. The van der Waals surface area contributed by atoms with E-state index in [1.807, 2.05) is 6.92 Å². The average molecular weight is 358 g/mol. The fraction of sp³-hybridized carbons (Fsp3) is 0.300. The Labute approximate surface area is 152 Å². The standard InChI is InChI=1S/C20H20ClNO3/c1-20(12-4-5-13-20)19(24)25-15-10-8-14(9-11-15)22-18(23)16-6-2-3-7-17(16)21/h2-3,6-11H,4-5,12-13H2,1H3,(H,22,23). The number of nitrogens with one attached hydrogen (secondary N) is 1. The summed E-state index contributed by atoms with van der Waals surface area (Å²) in [4.78, 5) is 24.5. The number of rotatable bonds is 4. The van der Waals surface area contributed by atoms with Crippen LogP contribution >= 0.6 is 11.6 Å². The first-order chi connectivity index (χ1) is 12.0. The Bertz CT molecular complexity index is 780. The third kappa shape index (κ3) is 4.02. The minimum absolute atomic E-state index is 0.183. The van der Waals surface area contributed by atoms with Crippen molar-refractivity contribution in [2.45, 2.75) is 32.6 Å². The number of amides is 1. The van der Waals surface area contributed by atoms with Crippen LogP contribution in [0.5, 0.6) is 5.75 Å². The molecule has 3 rings (SSSR count). The number of benzene rings is 2. The number of ether oxygens (including phenoxy) is 1. The van der Waals surface area contributed by atoms with E-state index < -0.39 is 0 Å². The fourth-order valence-corrected chi connectivity index (χ4v) is 3.26. The molecule has 2 aromatic rings. The van der Waals surface area contributed by atoms with Gasteiger partial charge in [0.25, 0.3) is 5.91 Å². The van der Waals surface area contributed by atoms with E-state index in [-0.39, 0.29) is 17.3 Å². The molecule has 1 fully saturated rings. The van der Waals surface area contributed by atoms with Crippen LogP contribution in [0.3, 0.4) is 0 Å². The lowest BCUT2D eigenvalue weighted by Gasteiger charge is -2.20. The van der Waals surface area contributed by atoms with Crippen molar-refractivity contribution in [3.8, 4) is 5.75 Å². The summed E-state index contributed by atoms with van der Waals surface area (Å²) in [5.41, 5.74) is 0.641. The van der Waals surface area contributed by atoms with Gasteiger partial charge in [0.2, 0.25) is 0 Å². The van der Waals surface area contributed by atoms with E-state index in [2.05, 4.69) is 5.32 Å². The van der Waals surface area contributed by atoms with E-state index in [0.717, 1.165) is 25.7 Å². The molecule has 1 aliphatic carbocycles. The summed E-state index contributed by atoms with van der Waals surface area (Å²) < 4.78 is 5.49. The van der Waals surface area contributed by atoms with Crippen molar-refractivity contribution >= 4 is 29.2 Å². The van der Waals surface area contributed by atoms with Gasteiger partial charge in [-0.15, -0.1) is 0 Å². The van der Waals surface area contributed by atoms with Crippen LogP contribution in [0.1, 0.15) is 43.0 Å². The molecule has 0 saturated heterocycles. The van der Waals surface area contributed by atoms with Gasteiger partial charge in [0.05, 0.1) is 16.0 Å². The summed E-state index contributed by atoms with van der Waals surface area (Å²) in [7, 11) is 0. The Hall–Kier alpha value is -2.33. The summed E-state index contributed by atoms with van der Waals surface area (Å²) in [5, 5.41) is 3.18. The predicted molar refractivity (Wildman–Crippen MR) is 98.1 cm³/mol. The quantitative estimate of drug-likeness (QED) is 0.613. The van der Waals surface area contributed by atoms with Gasteiger partial charge in [-0.25, -0.2) is 0 Å². The molecule has 0 atom stereocenters. The highest BCUT2D eigenvalue weighted by Gasteiger charge is 2.38. The van der Waals surface area contributed by atoms with Crippen LogP contribution in [0.15, 0.2) is 48.5 Å². The zero-order valence-electron chi connectivity index (χ0n) is 14.0. The van der Waals surface area contributed by atoms with Crippen LogP contribution < -0.4 is 10.1 Å². The molecule has 1 aliphatic rings. The van der Waals surface area contributed by atoms with E-state index in [1.54, 1.807) is 48.5 Å². The fourth-order valence-electron chi connectivity index (χ4n) is 3.04. The molecular formula is C20H20ClNO3. The van der Waals surface area contributed by atoms with E-state index in [1.165, 1.54) is 0 Å². The number of carbonyl (C=O) groups excluding carboxylic acids is 2. The number of hydrogen-bond donors (Lipinski definition) is 1.